The molecule has 0 amide bonds. The lowest BCUT2D eigenvalue weighted by Gasteiger charge is -2.26. The predicted octanol–water partition coefficient (Wildman–Crippen LogP) is 10.4. The quantitative estimate of drug-likeness (QED) is 0.104. The second kappa shape index (κ2) is 27.4. The number of hydrogen-bond donors (Lipinski definition) is 2. The molecule has 1 aliphatic heterocycles. The van der Waals surface area contributed by atoms with E-state index in [1.165, 1.54) is 82.9 Å². The van der Waals surface area contributed by atoms with Crippen LogP contribution in [0.5, 0.6) is 0 Å². The lowest BCUT2D eigenvalue weighted by atomic mass is 9.84. The van der Waals surface area contributed by atoms with Gasteiger partial charge < -0.3 is 32.5 Å². The van der Waals surface area contributed by atoms with Gasteiger partial charge >= 0.3 is 31.5 Å². The molecule has 13 nitrogen and oxygen atoms in total. The zero-order chi connectivity index (χ0) is 42.3. The molecule has 4 aromatic rings. The number of rotatable bonds is 16. The van der Waals surface area contributed by atoms with Gasteiger partial charge in [-0.15, -0.1) is 0 Å². The van der Waals surface area contributed by atoms with E-state index in [1.807, 2.05) is 39.8 Å². The van der Waals surface area contributed by atoms with Crippen LogP contribution in [0.25, 0.3) is 0 Å². The molecular formula is C41H61N3O10P4. The highest BCUT2D eigenvalue weighted by Gasteiger charge is 2.31. The van der Waals surface area contributed by atoms with Crippen molar-refractivity contribution in [2.24, 2.45) is 0 Å². The van der Waals surface area contributed by atoms with Gasteiger partial charge in [0.2, 0.25) is 0 Å². The standard InChI is InChI=1S/C24H26NP.C13H23N2O10P3.2C2H6/c25-26(22-12-6-2-7-13-22,23-14-8-3-9-15-23)24-18-16-21(17-19-24)20-10-4-1-5-11-20;1-18-26(19-2)24-28(21-4)25-27(20-3)22-9-10-5-6-12(23-10)15-8-7-11(16)14-13(15)17;2*1-2/h2-3,6-9,12-20,25H,1,4-5,10-11H2;7-8,10,12H,5-6,9H2,1-4H3,(H,14,16,17);2*1-2H3. The third kappa shape index (κ3) is 14.6. The van der Waals surface area contributed by atoms with Crippen LogP contribution in [0.2, 0.25) is 0 Å². The highest BCUT2D eigenvalue weighted by molar-refractivity contribution is 7.86. The van der Waals surface area contributed by atoms with Gasteiger partial charge in [0.15, 0.2) is 0 Å². The van der Waals surface area contributed by atoms with Gasteiger partial charge in [-0.3, -0.25) is 14.3 Å². The Kier molecular flexibility index (Phi) is 23.6. The van der Waals surface area contributed by atoms with Gasteiger partial charge in [-0.05, 0) is 53.1 Å². The Bertz CT molecular complexity index is 1820. The topological polar surface area (TPSA) is 153 Å². The summed E-state index contributed by atoms with van der Waals surface area (Å²) in [6.45, 7) is 8.18. The molecule has 1 saturated carbocycles. The van der Waals surface area contributed by atoms with Crippen molar-refractivity contribution in [2.75, 3.05) is 35.0 Å². The number of aromatic amines is 1. The Morgan fingerprint density at radius 1 is 0.672 bits per heavy atom. The van der Waals surface area contributed by atoms with E-state index in [1.54, 1.807) is 0 Å². The SMILES string of the molecule is CC.CC.COP(OC)OP(OC)OP(OC)OCC1CCC(n2ccc(=O)[nH]c2=O)O1.N=P(c1ccccc1)(c1ccccc1)c1ccc(C2CCCCC2)cc1. The van der Waals surface area contributed by atoms with E-state index in [9.17, 15) is 14.8 Å². The van der Waals surface area contributed by atoms with Crippen molar-refractivity contribution in [3.05, 3.63) is 124 Å². The van der Waals surface area contributed by atoms with E-state index in [0.717, 1.165) is 15.9 Å². The Morgan fingerprint density at radius 2 is 1.19 bits per heavy atom. The molecule has 6 rings (SSSR count). The first-order chi connectivity index (χ1) is 28.3. The first-order valence-corrected chi connectivity index (χ1v) is 24.7. The number of aromatic nitrogens is 2. The Hall–Kier alpha value is -2.46. The van der Waals surface area contributed by atoms with Crippen molar-refractivity contribution in [1.29, 1.82) is 5.16 Å². The van der Waals surface area contributed by atoms with Gasteiger partial charge in [-0.1, -0.05) is 132 Å². The summed E-state index contributed by atoms with van der Waals surface area (Å²) >= 11 is 0. The van der Waals surface area contributed by atoms with Crippen LogP contribution in [0.1, 0.15) is 90.3 Å². The zero-order valence-electron chi connectivity index (χ0n) is 34.9. The number of nitrogens with one attached hydrogen (secondary N) is 2. The Balaban J connectivity index is 0.000000286. The second-order valence-electron chi connectivity index (χ2n) is 12.4. The van der Waals surface area contributed by atoms with Crippen molar-refractivity contribution in [3.63, 3.8) is 0 Å². The average Bonchev–Trinajstić information content (AvgIpc) is 3.77. The fourth-order valence-electron chi connectivity index (χ4n) is 6.41. The molecular weight excluding hydrogens is 818 g/mol. The number of ether oxygens (including phenoxy) is 1. The molecule has 4 atom stereocenters. The first kappa shape index (κ1) is 49.9. The van der Waals surface area contributed by atoms with E-state index in [4.69, 9.17) is 36.0 Å². The fraction of sp³-hybridized carbons (Fsp3) is 0.463. The summed E-state index contributed by atoms with van der Waals surface area (Å²) in [5, 5.41) is 13.0. The van der Waals surface area contributed by atoms with E-state index < -0.39 is 50.3 Å². The number of benzene rings is 3. The van der Waals surface area contributed by atoms with Gasteiger partial charge in [0.05, 0.1) is 19.8 Å². The lowest BCUT2D eigenvalue weighted by molar-refractivity contribution is -0.0219. The van der Waals surface area contributed by atoms with Crippen LogP contribution in [0.3, 0.4) is 0 Å². The maximum Gasteiger partial charge on any atom is 0.346 e. The van der Waals surface area contributed by atoms with Gasteiger partial charge in [0, 0.05) is 40.7 Å². The normalized spacial score (nSPS) is 17.8. The van der Waals surface area contributed by atoms with E-state index in [-0.39, 0.29) is 12.7 Å². The molecule has 2 aliphatic rings. The highest BCUT2D eigenvalue weighted by Crippen LogP contribution is 2.61. The van der Waals surface area contributed by atoms with E-state index in [0.29, 0.717) is 18.8 Å². The molecule has 17 heteroatoms. The maximum absolute atomic E-state index is 11.9. The summed E-state index contributed by atoms with van der Waals surface area (Å²) in [6.07, 6.45) is 8.67. The number of nitrogens with zero attached hydrogens (tertiary/aromatic N) is 1. The summed E-state index contributed by atoms with van der Waals surface area (Å²) in [7, 11) is -1.75. The second-order valence-corrected chi connectivity index (χ2v) is 19.7. The molecule has 0 radical (unpaired) electrons. The lowest BCUT2D eigenvalue weighted by Crippen LogP contribution is -2.31. The summed E-state index contributed by atoms with van der Waals surface area (Å²) in [5.74, 6) is 0.713. The zero-order valence-corrected chi connectivity index (χ0v) is 38.5. The molecule has 2 N–H and O–H groups in total. The Labute approximate surface area is 347 Å². The molecule has 3 aromatic carbocycles. The van der Waals surface area contributed by atoms with Crippen LogP contribution >= 0.6 is 32.9 Å². The van der Waals surface area contributed by atoms with Crippen molar-refractivity contribution < 1.29 is 36.0 Å². The van der Waals surface area contributed by atoms with Gasteiger partial charge in [-0.2, -0.15) is 0 Å². The van der Waals surface area contributed by atoms with Crippen molar-refractivity contribution in [1.82, 2.24) is 9.55 Å². The van der Waals surface area contributed by atoms with Crippen LogP contribution in [0.15, 0.2) is 107 Å². The van der Waals surface area contributed by atoms with Crippen LogP contribution < -0.4 is 27.2 Å². The van der Waals surface area contributed by atoms with Crippen LogP contribution in [-0.2, 0) is 36.0 Å². The van der Waals surface area contributed by atoms with Gasteiger partial charge in [0.1, 0.15) is 6.23 Å². The highest BCUT2D eigenvalue weighted by atomic mass is 31.3. The molecule has 58 heavy (non-hydrogen) atoms. The predicted molar refractivity (Wildman–Crippen MR) is 238 cm³/mol. The van der Waals surface area contributed by atoms with Crippen LogP contribution in [-0.4, -0.2) is 50.7 Å². The molecule has 2 heterocycles. The third-order valence-electron chi connectivity index (χ3n) is 9.12. The molecule has 2 fully saturated rings. The fourth-order valence-corrected chi connectivity index (χ4v) is 12.5. The van der Waals surface area contributed by atoms with E-state index in [2.05, 4.69) is 77.8 Å². The maximum atomic E-state index is 11.9. The van der Waals surface area contributed by atoms with Crippen molar-refractivity contribution in [2.45, 2.75) is 90.9 Å². The summed E-state index contributed by atoms with van der Waals surface area (Å²) in [5.41, 5.74) is 0.489. The Morgan fingerprint density at radius 3 is 1.71 bits per heavy atom. The van der Waals surface area contributed by atoms with Crippen molar-refractivity contribution >= 4 is 48.8 Å². The summed E-state index contributed by atoms with van der Waals surface area (Å²) < 4.78 is 44.0. The summed E-state index contributed by atoms with van der Waals surface area (Å²) in [6, 6.07) is 31.0. The average molecular weight is 880 g/mol. The molecule has 1 saturated heterocycles. The molecule has 0 spiro atoms. The van der Waals surface area contributed by atoms with Crippen LogP contribution in [0.4, 0.5) is 0 Å². The molecule has 0 bridgehead atoms. The molecule has 1 aliphatic carbocycles. The van der Waals surface area contributed by atoms with Gasteiger partial charge in [0.25, 0.3) is 5.56 Å². The monoisotopic (exact) mass is 879 g/mol. The molecule has 1 aromatic heterocycles. The third-order valence-corrected chi connectivity index (χ3v) is 16.0. The largest absolute Gasteiger partial charge is 0.352 e. The molecule has 4 unspecified atom stereocenters. The minimum atomic E-state index is -2.34. The van der Waals surface area contributed by atoms with E-state index >= 15 is 0 Å². The smallest absolute Gasteiger partial charge is 0.346 e. The minimum Gasteiger partial charge on any atom is -0.352 e. The minimum absolute atomic E-state index is 0.185. The number of hydrogen-bond acceptors (Lipinski definition) is 11. The molecule has 320 valence electrons. The first-order valence-electron chi connectivity index (χ1n) is 19.7. The summed E-state index contributed by atoms with van der Waals surface area (Å²) in [4.78, 5) is 25.2. The van der Waals surface area contributed by atoms with Crippen molar-refractivity contribution in [3.8, 4) is 0 Å². The number of H-pyrrole nitrogens is 1. The van der Waals surface area contributed by atoms with Crippen LogP contribution in [0, 0.1) is 5.16 Å². The van der Waals surface area contributed by atoms with Gasteiger partial charge in [-0.25, -0.2) is 13.4 Å².